The van der Waals surface area contributed by atoms with Gasteiger partial charge in [-0.2, -0.15) is 0 Å². The molecule has 9 heavy (non-hydrogen) atoms. The van der Waals surface area contributed by atoms with E-state index >= 15 is 0 Å². The van der Waals surface area contributed by atoms with Gasteiger partial charge in [0.05, 0.1) is 6.04 Å². The number of carbonyl (C=O) groups is 1. The normalized spacial score (nSPS) is 30.1. The number of rotatable bonds is 1. The maximum absolute atomic E-state index is 10.2. The van der Waals surface area contributed by atoms with E-state index in [0.29, 0.717) is 0 Å². The number of hydrogen-bond donors (Lipinski definition) is 1. The molecule has 3 nitrogen and oxygen atoms in total. The molecule has 0 aromatic rings. The lowest BCUT2D eigenvalue weighted by Crippen LogP contribution is -2.47. The maximum Gasteiger partial charge on any atom is 0.138 e. The van der Waals surface area contributed by atoms with Crippen LogP contribution in [0.2, 0.25) is 0 Å². The monoisotopic (exact) mass is 128 g/mol. The van der Waals surface area contributed by atoms with E-state index in [1.165, 1.54) is 0 Å². The van der Waals surface area contributed by atoms with E-state index in [1.54, 1.807) is 0 Å². The van der Waals surface area contributed by atoms with E-state index in [9.17, 15) is 4.79 Å². The van der Waals surface area contributed by atoms with Gasteiger partial charge in [0.25, 0.3) is 0 Å². The Morgan fingerprint density at radius 1 is 1.78 bits per heavy atom. The molecule has 0 aromatic heterocycles. The largest absolute Gasteiger partial charge is 0.302 e. The van der Waals surface area contributed by atoms with Gasteiger partial charge in [0.15, 0.2) is 0 Å². The van der Waals surface area contributed by atoms with Crippen LogP contribution in [0.4, 0.5) is 0 Å². The van der Waals surface area contributed by atoms with E-state index in [4.69, 9.17) is 0 Å². The van der Waals surface area contributed by atoms with Crippen LogP contribution in [0.25, 0.3) is 0 Å². The Hall–Kier alpha value is -0.410. The molecule has 3 heteroatoms. The van der Waals surface area contributed by atoms with Crippen LogP contribution in [0, 0.1) is 0 Å². The summed E-state index contributed by atoms with van der Waals surface area (Å²) < 4.78 is 0. The number of carbonyl (C=O) groups excluding carboxylic acids is 1. The van der Waals surface area contributed by atoms with Gasteiger partial charge >= 0.3 is 0 Å². The summed E-state index contributed by atoms with van der Waals surface area (Å²) >= 11 is 0. The summed E-state index contributed by atoms with van der Waals surface area (Å²) in [6.45, 7) is 1.05. The van der Waals surface area contributed by atoms with Gasteiger partial charge in [-0.15, -0.1) is 0 Å². The van der Waals surface area contributed by atoms with Crippen LogP contribution >= 0.6 is 0 Å². The number of hydrazine groups is 1. The van der Waals surface area contributed by atoms with Crippen molar-refractivity contribution in [2.24, 2.45) is 0 Å². The summed E-state index contributed by atoms with van der Waals surface area (Å²) in [4.78, 5) is 10.2. The third kappa shape index (κ3) is 1.77. The van der Waals surface area contributed by atoms with Crippen molar-refractivity contribution < 1.29 is 4.79 Å². The molecule has 1 aliphatic rings. The first-order valence-corrected chi connectivity index (χ1v) is 3.25. The molecule has 52 valence electrons. The first-order chi connectivity index (χ1) is 4.33. The van der Waals surface area contributed by atoms with Gasteiger partial charge in [0.1, 0.15) is 6.29 Å². The molecular weight excluding hydrogens is 116 g/mol. The summed E-state index contributed by atoms with van der Waals surface area (Å²) in [6.07, 6.45) is 3.07. The lowest BCUT2D eigenvalue weighted by atomic mass is 10.1. The Kier molecular flexibility index (Phi) is 2.19. The van der Waals surface area contributed by atoms with Crippen LogP contribution in [0.5, 0.6) is 0 Å². The van der Waals surface area contributed by atoms with Gasteiger partial charge in [0, 0.05) is 13.6 Å². The summed E-state index contributed by atoms with van der Waals surface area (Å²) in [7, 11) is 1.95. The van der Waals surface area contributed by atoms with Crippen molar-refractivity contribution in [3.8, 4) is 0 Å². The lowest BCUT2D eigenvalue weighted by molar-refractivity contribution is -0.111. The van der Waals surface area contributed by atoms with Crippen LogP contribution in [0.3, 0.4) is 0 Å². The zero-order chi connectivity index (χ0) is 6.69. The Morgan fingerprint density at radius 2 is 2.56 bits per heavy atom. The molecule has 0 bridgehead atoms. The number of aldehydes is 1. The minimum absolute atomic E-state index is 0.0590. The van der Waals surface area contributed by atoms with Gasteiger partial charge in [-0.25, -0.2) is 10.4 Å². The van der Waals surface area contributed by atoms with Crippen LogP contribution in [0.15, 0.2) is 0 Å². The van der Waals surface area contributed by atoms with Gasteiger partial charge < -0.3 is 4.79 Å². The fourth-order valence-electron chi connectivity index (χ4n) is 1.06. The fraction of sp³-hybridized carbons (Fsp3) is 0.833. The van der Waals surface area contributed by atoms with Crippen molar-refractivity contribution in [3.63, 3.8) is 0 Å². The van der Waals surface area contributed by atoms with E-state index in [2.05, 4.69) is 5.43 Å². The third-order valence-corrected chi connectivity index (χ3v) is 1.56. The zero-order valence-corrected chi connectivity index (χ0v) is 5.63. The maximum atomic E-state index is 10.2. The highest BCUT2D eigenvalue weighted by Gasteiger charge is 2.13. The summed E-state index contributed by atoms with van der Waals surface area (Å²) in [5.74, 6) is 0. The third-order valence-electron chi connectivity index (χ3n) is 1.56. The van der Waals surface area contributed by atoms with E-state index in [1.807, 2.05) is 12.1 Å². The second-order valence-electron chi connectivity index (χ2n) is 2.44. The van der Waals surface area contributed by atoms with Crippen molar-refractivity contribution in [2.45, 2.75) is 18.9 Å². The second kappa shape index (κ2) is 2.94. The first kappa shape index (κ1) is 6.71. The van der Waals surface area contributed by atoms with Gasteiger partial charge in [-0.3, -0.25) is 0 Å². The quantitative estimate of drug-likeness (QED) is 0.496. The predicted octanol–water partition coefficient (Wildman–Crippen LogP) is -0.216. The number of nitrogens with one attached hydrogen (secondary N) is 1. The van der Waals surface area contributed by atoms with Gasteiger partial charge in [0.2, 0.25) is 0 Å². The highest BCUT2D eigenvalue weighted by atomic mass is 16.1. The SMILES string of the molecule is CN1CCC[C@@H](C=O)N1. The molecule has 1 rings (SSSR count). The smallest absolute Gasteiger partial charge is 0.138 e. The number of hydrogen-bond acceptors (Lipinski definition) is 3. The first-order valence-electron chi connectivity index (χ1n) is 3.25. The molecule has 1 aliphatic heterocycles. The fourth-order valence-corrected chi connectivity index (χ4v) is 1.06. The molecular formula is C6H12N2O. The highest BCUT2D eigenvalue weighted by molar-refractivity contribution is 5.57. The molecule has 0 unspecified atom stereocenters. The van der Waals surface area contributed by atoms with Crippen LogP contribution < -0.4 is 5.43 Å². The topological polar surface area (TPSA) is 32.3 Å². The minimum Gasteiger partial charge on any atom is -0.302 e. The molecule has 0 spiro atoms. The molecule has 0 aliphatic carbocycles. The lowest BCUT2D eigenvalue weighted by Gasteiger charge is -2.27. The Bertz CT molecular complexity index is 105. The van der Waals surface area contributed by atoms with Crippen molar-refractivity contribution in [3.05, 3.63) is 0 Å². The molecule has 1 atom stereocenters. The number of nitrogens with zero attached hydrogens (tertiary/aromatic N) is 1. The van der Waals surface area contributed by atoms with Crippen molar-refractivity contribution >= 4 is 6.29 Å². The van der Waals surface area contributed by atoms with Crippen LogP contribution in [-0.2, 0) is 4.79 Å². The molecule has 1 saturated heterocycles. The van der Waals surface area contributed by atoms with E-state index in [0.717, 1.165) is 25.7 Å². The second-order valence-corrected chi connectivity index (χ2v) is 2.44. The Balaban J connectivity index is 2.31. The highest BCUT2D eigenvalue weighted by Crippen LogP contribution is 2.02. The Morgan fingerprint density at radius 3 is 3.00 bits per heavy atom. The molecule has 0 aromatic carbocycles. The van der Waals surface area contributed by atoms with Crippen molar-refractivity contribution in [1.82, 2.24) is 10.4 Å². The summed E-state index contributed by atoms with van der Waals surface area (Å²) in [6, 6.07) is 0.0590. The molecule has 0 radical (unpaired) electrons. The molecule has 0 amide bonds. The predicted molar refractivity (Wildman–Crippen MR) is 34.9 cm³/mol. The van der Waals surface area contributed by atoms with E-state index in [-0.39, 0.29) is 6.04 Å². The van der Waals surface area contributed by atoms with Crippen molar-refractivity contribution in [2.75, 3.05) is 13.6 Å². The Labute approximate surface area is 55.0 Å². The average Bonchev–Trinajstić information content (AvgIpc) is 1.88. The minimum atomic E-state index is 0.0590. The van der Waals surface area contributed by atoms with E-state index < -0.39 is 0 Å². The molecule has 1 heterocycles. The zero-order valence-electron chi connectivity index (χ0n) is 5.63. The summed E-state index contributed by atoms with van der Waals surface area (Å²) in [5.41, 5.74) is 3.03. The standard InChI is InChI=1S/C6H12N2O/c1-8-4-2-3-6(5-9)7-8/h5-7H,2-4H2,1H3/t6-/m0/s1. The summed E-state index contributed by atoms with van der Waals surface area (Å²) in [5, 5.41) is 1.96. The average molecular weight is 128 g/mol. The van der Waals surface area contributed by atoms with Gasteiger partial charge in [-0.1, -0.05) is 0 Å². The van der Waals surface area contributed by atoms with Crippen LogP contribution in [0.1, 0.15) is 12.8 Å². The van der Waals surface area contributed by atoms with Crippen molar-refractivity contribution in [1.29, 1.82) is 0 Å². The van der Waals surface area contributed by atoms with Gasteiger partial charge in [-0.05, 0) is 12.8 Å². The van der Waals surface area contributed by atoms with Crippen LogP contribution in [-0.4, -0.2) is 30.9 Å². The molecule has 1 N–H and O–H groups in total. The molecule has 1 fully saturated rings. The molecule has 0 saturated carbocycles.